The zero-order valence-corrected chi connectivity index (χ0v) is 13.1. The van der Waals surface area contributed by atoms with Crippen molar-refractivity contribution < 1.29 is 17.6 Å². The summed E-state index contributed by atoms with van der Waals surface area (Å²) in [5, 5.41) is 2.89. The first-order valence-electron chi connectivity index (χ1n) is 6.63. The minimum Gasteiger partial charge on any atom is -0.455 e. The molecular formula is C13H18ClNO4S. The molecule has 0 radical (unpaired) electrons. The van der Waals surface area contributed by atoms with Crippen LogP contribution in [0.3, 0.4) is 0 Å². The van der Waals surface area contributed by atoms with Crippen LogP contribution in [0.15, 0.2) is 15.4 Å². The molecule has 112 valence electrons. The molecule has 0 spiro atoms. The van der Waals surface area contributed by atoms with Crippen LogP contribution < -0.4 is 5.32 Å². The minimum absolute atomic E-state index is 0.0139. The molecular weight excluding hydrogens is 302 g/mol. The van der Waals surface area contributed by atoms with Crippen molar-refractivity contribution in [3.8, 4) is 0 Å². The highest BCUT2D eigenvalue weighted by Crippen LogP contribution is 2.26. The maximum Gasteiger partial charge on any atom is 0.287 e. The summed E-state index contributed by atoms with van der Waals surface area (Å²) in [6, 6.07) is 1.30. The standard InChI is InChI=1S/C13H18ClNO4S/c1-8-4-3-5-10(6-8)15-13(16)11-7-12(9(2)19-11)20(14,17)18/h7-8,10H,3-6H2,1-2H3,(H,15,16). The summed E-state index contributed by atoms with van der Waals surface area (Å²) in [7, 11) is 1.38. The summed E-state index contributed by atoms with van der Waals surface area (Å²) in [4.78, 5) is 11.9. The van der Waals surface area contributed by atoms with Gasteiger partial charge in [0.25, 0.3) is 15.0 Å². The molecule has 1 fully saturated rings. The van der Waals surface area contributed by atoms with Gasteiger partial charge in [0.15, 0.2) is 5.76 Å². The van der Waals surface area contributed by atoms with Gasteiger partial charge in [-0.05, 0) is 25.7 Å². The average molecular weight is 320 g/mol. The second-order valence-corrected chi connectivity index (χ2v) is 7.95. The lowest BCUT2D eigenvalue weighted by atomic mass is 9.87. The van der Waals surface area contributed by atoms with Crippen molar-refractivity contribution in [1.82, 2.24) is 5.32 Å². The summed E-state index contributed by atoms with van der Waals surface area (Å²) in [6.07, 6.45) is 4.15. The lowest BCUT2D eigenvalue weighted by molar-refractivity contribution is 0.0892. The van der Waals surface area contributed by atoms with Crippen molar-refractivity contribution in [1.29, 1.82) is 0 Å². The fourth-order valence-corrected chi connectivity index (χ4v) is 3.73. The lowest BCUT2D eigenvalue weighted by Gasteiger charge is -2.27. The van der Waals surface area contributed by atoms with Crippen LogP contribution in [0, 0.1) is 12.8 Å². The first-order valence-corrected chi connectivity index (χ1v) is 8.94. The molecule has 1 aromatic heterocycles. The molecule has 7 heteroatoms. The molecule has 1 heterocycles. The van der Waals surface area contributed by atoms with Crippen molar-refractivity contribution in [3.63, 3.8) is 0 Å². The SMILES string of the molecule is Cc1oc(C(=O)NC2CCCC(C)C2)cc1S(=O)(=O)Cl. The van der Waals surface area contributed by atoms with Gasteiger partial charge in [0.1, 0.15) is 10.7 Å². The Hall–Kier alpha value is -1.01. The molecule has 0 saturated heterocycles. The summed E-state index contributed by atoms with van der Waals surface area (Å²) in [5.41, 5.74) is 0. The van der Waals surface area contributed by atoms with Crippen molar-refractivity contribution >= 4 is 25.6 Å². The van der Waals surface area contributed by atoms with Gasteiger partial charge in [0.2, 0.25) is 0 Å². The second kappa shape index (κ2) is 5.77. The smallest absolute Gasteiger partial charge is 0.287 e. The van der Waals surface area contributed by atoms with Gasteiger partial charge in [-0.25, -0.2) is 8.42 Å². The Kier molecular flexibility index (Phi) is 4.44. The number of hydrogen-bond donors (Lipinski definition) is 1. The molecule has 1 amide bonds. The Balaban J connectivity index is 2.10. The normalized spacial score (nSPS) is 23.6. The third-order valence-electron chi connectivity index (χ3n) is 3.63. The van der Waals surface area contributed by atoms with Gasteiger partial charge in [0, 0.05) is 22.8 Å². The third-order valence-corrected chi connectivity index (χ3v) is 5.06. The first-order chi connectivity index (χ1) is 9.27. The zero-order chi connectivity index (χ0) is 14.9. The second-order valence-electron chi connectivity index (χ2n) is 5.41. The number of rotatable bonds is 3. The Bertz CT molecular complexity index is 608. The van der Waals surface area contributed by atoms with Gasteiger partial charge >= 0.3 is 0 Å². The molecule has 0 aromatic carbocycles. The van der Waals surface area contributed by atoms with Gasteiger partial charge in [-0.15, -0.1) is 0 Å². The number of aryl methyl sites for hydroxylation is 1. The topological polar surface area (TPSA) is 76.4 Å². The van der Waals surface area contributed by atoms with Gasteiger partial charge in [-0.3, -0.25) is 4.79 Å². The predicted molar refractivity (Wildman–Crippen MR) is 75.4 cm³/mol. The van der Waals surface area contributed by atoms with Crippen LogP contribution in [0.4, 0.5) is 0 Å². The number of amides is 1. The third kappa shape index (κ3) is 3.55. The predicted octanol–water partition coefficient (Wildman–Crippen LogP) is 2.82. The van der Waals surface area contributed by atoms with E-state index in [0.29, 0.717) is 5.92 Å². The van der Waals surface area contributed by atoms with Crippen LogP contribution in [0.2, 0.25) is 0 Å². The van der Waals surface area contributed by atoms with Gasteiger partial charge in [-0.1, -0.05) is 19.8 Å². The molecule has 2 unspecified atom stereocenters. The van der Waals surface area contributed by atoms with E-state index in [9.17, 15) is 13.2 Å². The number of nitrogens with one attached hydrogen (secondary N) is 1. The Morgan fingerprint density at radius 2 is 2.15 bits per heavy atom. The summed E-state index contributed by atoms with van der Waals surface area (Å²) in [6.45, 7) is 3.63. The van der Waals surface area contributed by atoms with E-state index in [1.54, 1.807) is 0 Å². The minimum atomic E-state index is -3.89. The van der Waals surface area contributed by atoms with Crippen molar-refractivity contribution in [2.45, 2.75) is 50.5 Å². The van der Waals surface area contributed by atoms with Crippen LogP contribution in [-0.2, 0) is 9.05 Å². The number of hydrogen-bond acceptors (Lipinski definition) is 4. The number of carbonyl (C=O) groups is 1. The molecule has 1 N–H and O–H groups in total. The molecule has 2 atom stereocenters. The van der Waals surface area contributed by atoms with Crippen molar-refractivity contribution in [3.05, 3.63) is 17.6 Å². The lowest BCUT2D eigenvalue weighted by Crippen LogP contribution is -2.37. The van der Waals surface area contributed by atoms with Gasteiger partial charge in [0.05, 0.1) is 0 Å². The van der Waals surface area contributed by atoms with Crippen LogP contribution in [-0.4, -0.2) is 20.4 Å². The molecule has 1 aromatic rings. The van der Waals surface area contributed by atoms with Crippen LogP contribution in [0.1, 0.15) is 48.9 Å². The van der Waals surface area contributed by atoms with E-state index in [0.717, 1.165) is 19.3 Å². The van der Waals surface area contributed by atoms with Crippen LogP contribution in [0.5, 0.6) is 0 Å². The zero-order valence-electron chi connectivity index (χ0n) is 11.5. The molecule has 0 aliphatic heterocycles. The summed E-state index contributed by atoms with van der Waals surface area (Å²) >= 11 is 0. The van der Waals surface area contributed by atoms with E-state index >= 15 is 0 Å². The average Bonchev–Trinajstić information content (AvgIpc) is 2.71. The van der Waals surface area contributed by atoms with E-state index in [1.807, 2.05) is 0 Å². The quantitative estimate of drug-likeness (QED) is 0.869. The van der Waals surface area contributed by atoms with Crippen molar-refractivity contribution in [2.24, 2.45) is 5.92 Å². The van der Waals surface area contributed by atoms with Crippen LogP contribution >= 0.6 is 10.7 Å². The molecule has 0 bridgehead atoms. The van der Waals surface area contributed by atoms with Crippen LogP contribution in [0.25, 0.3) is 0 Å². The largest absolute Gasteiger partial charge is 0.455 e. The maximum absolute atomic E-state index is 12.1. The molecule has 1 aliphatic carbocycles. The highest BCUT2D eigenvalue weighted by atomic mass is 35.7. The molecule has 1 saturated carbocycles. The Morgan fingerprint density at radius 3 is 2.70 bits per heavy atom. The van der Waals surface area contributed by atoms with Gasteiger partial charge in [-0.2, -0.15) is 0 Å². The summed E-state index contributed by atoms with van der Waals surface area (Å²) < 4.78 is 27.8. The van der Waals surface area contributed by atoms with E-state index in [2.05, 4.69) is 12.2 Å². The molecule has 5 nitrogen and oxygen atoms in total. The monoisotopic (exact) mass is 319 g/mol. The molecule has 2 rings (SSSR count). The fourth-order valence-electron chi connectivity index (χ4n) is 2.64. The fraction of sp³-hybridized carbons (Fsp3) is 0.615. The number of furan rings is 1. The highest BCUT2D eigenvalue weighted by Gasteiger charge is 2.25. The Morgan fingerprint density at radius 1 is 1.45 bits per heavy atom. The van der Waals surface area contributed by atoms with E-state index < -0.39 is 15.0 Å². The van der Waals surface area contributed by atoms with Gasteiger partial charge < -0.3 is 9.73 Å². The molecule has 1 aliphatic rings. The van der Waals surface area contributed by atoms with E-state index in [-0.39, 0.29) is 22.5 Å². The van der Waals surface area contributed by atoms with E-state index in [4.69, 9.17) is 15.1 Å². The summed E-state index contributed by atoms with van der Waals surface area (Å²) in [5.74, 6) is 0.312. The maximum atomic E-state index is 12.1. The molecule has 20 heavy (non-hydrogen) atoms. The van der Waals surface area contributed by atoms with Crippen molar-refractivity contribution in [2.75, 3.05) is 0 Å². The van der Waals surface area contributed by atoms with E-state index in [1.165, 1.54) is 19.4 Å². The number of halogens is 1. The number of carbonyl (C=O) groups excluding carboxylic acids is 1. The Labute approximate surface area is 123 Å². The first kappa shape index (κ1) is 15.4. The highest BCUT2D eigenvalue weighted by molar-refractivity contribution is 8.13.